The van der Waals surface area contributed by atoms with Gasteiger partial charge in [0.2, 0.25) is 5.91 Å². The van der Waals surface area contributed by atoms with Gasteiger partial charge in [-0.25, -0.2) is 0 Å². The average molecular weight is 353 g/mol. The minimum absolute atomic E-state index is 0. The third kappa shape index (κ3) is 3.00. The summed E-state index contributed by atoms with van der Waals surface area (Å²) in [5.74, 6) is 1.79. The number of amides is 1. The summed E-state index contributed by atoms with van der Waals surface area (Å²) in [6.07, 6.45) is 15.9. The van der Waals surface area contributed by atoms with Crippen molar-refractivity contribution in [3.8, 4) is 0 Å². The molecule has 2 fully saturated rings. The lowest BCUT2D eigenvalue weighted by Crippen LogP contribution is -2.48. The molecule has 0 aromatic heterocycles. The molecule has 0 aromatic rings. The molecule has 4 aliphatic rings. The van der Waals surface area contributed by atoms with Gasteiger partial charge in [-0.3, -0.25) is 9.79 Å². The second kappa shape index (κ2) is 7.02. The first-order chi connectivity index (χ1) is 10.8. The standard InChI is InChI=1S/C18H24N2OS.ClH/c21-17(20-13-6-2-1-3-7-13)14-12-22-18-10-5-4-8-16(18)19-11-9-15(14)18;/h4-5,8,10,13-15H,1-3,6-7,9,11-12H2,(H,20,21);1H. The number of allylic oxidation sites excluding steroid dienone is 3. The molecule has 1 saturated heterocycles. The van der Waals surface area contributed by atoms with Crippen molar-refractivity contribution in [2.45, 2.75) is 49.3 Å². The summed E-state index contributed by atoms with van der Waals surface area (Å²) >= 11 is 1.93. The lowest BCUT2D eigenvalue weighted by molar-refractivity contribution is -0.126. The van der Waals surface area contributed by atoms with E-state index in [0.29, 0.717) is 17.9 Å². The van der Waals surface area contributed by atoms with Gasteiger partial charge in [0.15, 0.2) is 0 Å². The molecule has 1 saturated carbocycles. The van der Waals surface area contributed by atoms with Gasteiger partial charge in [-0.15, -0.1) is 24.2 Å². The van der Waals surface area contributed by atoms with Crippen LogP contribution in [0.5, 0.6) is 0 Å². The number of hydrogen-bond donors (Lipinski definition) is 1. The van der Waals surface area contributed by atoms with Crippen molar-refractivity contribution in [3.63, 3.8) is 0 Å². The van der Waals surface area contributed by atoms with Crippen LogP contribution in [-0.4, -0.2) is 34.7 Å². The Balaban J connectivity index is 0.00000156. The fourth-order valence-electron chi connectivity index (χ4n) is 4.48. The van der Waals surface area contributed by atoms with Crippen LogP contribution in [-0.2, 0) is 4.79 Å². The lowest BCUT2D eigenvalue weighted by atomic mass is 9.74. The van der Waals surface area contributed by atoms with Gasteiger partial charge < -0.3 is 5.32 Å². The van der Waals surface area contributed by atoms with Crippen molar-refractivity contribution in [2.24, 2.45) is 16.8 Å². The zero-order valence-corrected chi connectivity index (χ0v) is 15.0. The van der Waals surface area contributed by atoms with Gasteiger partial charge in [-0.2, -0.15) is 0 Å². The van der Waals surface area contributed by atoms with Gasteiger partial charge in [-0.1, -0.05) is 37.5 Å². The molecule has 2 heterocycles. The summed E-state index contributed by atoms with van der Waals surface area (Å²) in [6.45, 7) is 0.869. The molecule has 3 unspecified atom stereocenters. The topological polar surface area (TPSA) is 41.5 Å². The summed E-state index contributed by atoms with van der Waals surface area (Å²) in [4.78, 5) is 17.6. The van der Waals surface area contributed by atoms with E-state index in [1.54, 1.807) is 0 Å². The molecule has 1 amide bonds. The van der Waals surface area contributed by atoms with Crippen molar-refractivity contribution >= 4 is 35.8 Å². The maximum Gasteiger partial charge on any atom is 0.224 e. The molecule has 1 spiro atoms. The Kier molecular flexibility index (Phi) is 5.22. The van der Waals surface area contributed by atoms with Crippen molar-refractivity contribution in [3.05, 3.63) is 24.3 Å². The Hall–Kier alpha value is -0.740. The summed E-state index contributed by atoms with van der Waals surface area (Å²) in [6, 6.07) is 0.418. The number of nitrogens with zero attached hydrogens (tertiary/aromatic N) is 1. The van der Waals surface area contributed by atoms with E-state index >= 15 is 0 Å². The lowest BCUT2D eigenvalue weighted by Gasteiger charge is -2.38. The number of nitrogens with one attached hydrogen (secondary N) is 1. The van der Waals surface area contributed by atoms with E-state index in [0.717, 1.165) is 31.6 Å². The molecule has 0 bridgehead atoms. The van der Waals surface area contributed by atoms with Crippen molar-refractivity contribution in [2.75, 3.05) is 12.3 Å². The highest BCUT2D eigenvalue weighted by Gasteiger charge is 2.54. The van der Waals surface area contributed by atoms with Crippen LogP contribution in [0.4, 0.5) is 0 Å². The number of thioether (sulfide) groups is 1. The molecular weight excluding hydrogens is 328 g/mol. The molecule has 3 atom stereocenters. The highest BCUT2D eigenvalue weighted by molar-refractivity contribution is 8.02. The first-order valence-electron chi connectivity index (χ1n) is 8.65. The summed E-state index contributed by atoms with van der Waals surface area (Å²) in [7, 11) is 0. The summed E-state index contributed by atoms with van der Waals surface area (Å²) in [5, 5.41) is 3.35. The number of rotatable bonds is 2. The molecular formula is C18H25ClN2OS. The Morgan fingerprint density at radius 1 is 1.22 bits per heavy atom. The molecule has 2 aliphatic heterocycles. The van der Waals surface area contributed by atoms with Crippen LogP contribution in [0.25, 0.3) is 0 Å². The van der Waals surface area contributed by atoms with Crippen LogP contribution in [0.15, 0.2) is 29.3 Å². The predicted octanol–water partition coefficient (Wildman–Crippen LogP) is 3.55. The molecule has 126 valence electrons. The molecule has 3 nitrogen and oxygen atoms in total. The Morgan fingerprint density at radius 2 is 2.04 bits per heavy atom. The van der Waals surface area contributed by atoms with Gasteiger partial charge in [-0.05, 0) is 31.3 Å². The number of halogens is 1. The number of aliphatic imine (C=N–C) groups is 1. The largest absolute Gasteiger partial charge is 0.353 e. The normalized spacial score (nSPS) is 35.7. The van der Waals surface area contributed by atoms with Crippen LogP contribution >= 0.6 is 24.2 Å². The Morgan fingerprint density at radius 3 is 2.87 bits per heavy atom. The number of carbonyl (C=O) groups excluding carboxylic acids is 1. The SMILES string of the molecule is Cl.O=C(NC1CCCCC1)C1CSC23C=CC=CC2=NCCC13. The third-order valence-corrected chi connectivity index (χ3v) is 7.31. The molecule has 0 radical (unpaired) electrons. The molecule has 0 aromatic carbocycles. The van der Waals surface area contributed by atoms with Gasteiger partial charge >= 0.3 is 0 Å². The van der Waals surface area contributed by atoms with Crippen LogP contribution in [0.1, 0.15) is 38.5 Å². The van der Waals surface area contributed by atoms with E-state index in [1.807, 2.05) is 11.8 Å². The second-order valence-electron chi connectivity index (χ2n) is 6.93. The highest BCUT2D eigenvalue weighted by Crippen LogP contribution is 2.52. The van der Waals surface area contributed by atoms with E-state index in [-0.39, 0.29) is 23.1 Å². The molecule has 2 aliphatic carbocycles. The van der Waals surface area contributed by atoms with Gasteiger partial charge in [0.05, 0.1) is 16.4 Å². The fourth-order valence-corrected chi connectivity index (χ4v) is 6.27. The smallest absolute Gasteiger partial charge is 0.224 e. The quantitative estimate of drug-likeness (QED) is 0.825. The molecule has 5 heteroatoms. The van der Waals surface area contributed by atoms with E-state index in [9.17, 15) is 4.79 Å². The molecule has 1 N–H and O–H groups in total. The minimum atomic E-state index is -0.0262. The zero-order valence-electron chi connectivity index (χ0n) is 13.4. The van der Waals surface area contributed by atoms with E-state index in [4.69, 9.17) is 4.99 Å². The first kappa shape index (κ1) is 17.1. The van der Waals surface area contributed by atoms with Gasteiger partial charge in [0.25, 0.3) is 0 Å². The van der Waals surface area contributed by atoms with Gasteiger partial charge in [0, 0.05) is 18.3 Å². The monoisotopic (exact) mass is 352 g/mol. The van der Waals surface area contributed by atoms with Crippen LogP contribution < -0.4 is 5.32 Å². The zero-order chi connectivity index (χ0) is 15.0. The Bertz CT molecular complexity index is 553. The van der Waals surface area contributed by atoms with Crippen molar-refractivity contribution in [1.82, 2.24) is 5.32 Å². The second-order valence-corrected chi connectivity index (χ2v) is 8.23. The molecule has 4 rings (SSSR count). The third-order valence-electron chi connectivity index (χ3n) is 5.66. The maximum atomic E-state index is 12.8. The first-order valence-corrected chi connectivity index (χ1v) is 9.63. The van der Waals surface area contributed by atoms with Gasteiger partial charge in [0.1, 0.15) is 0 Å². The van der Waals surface area contributed by atoms with Crippen LogP contribution in [0, 0.1) is 11.8 Å². The van der Waals surface area contributed by atoms with Crippen LogP contribution in [0.2, 0.25) is 0 Å². The fraction of sp³-hybridized carbons (Fsp3) is 0.667. The number of carbonyl (C=O) groups is 1. The summed E-state index contributed by atoms with van der Waals surface area (Å²) < 4.78 is -0.0262. The Labute approximate surface area is 148 Å². The van der Waals surface area contributed by atoms with E-state index in [1.165, 1.54) is 25.0 Å². The minimum Gasteiger partial charge on any atom is -0.353 e. The predicted molar refractivity (Wildman–Crippen MR) is 99.6 cm³/mol. The van der Waals surface area contributed by atoms with E-state index in [2.05, 4.69) is 29.6 Å². The van der Waals surface area contributed by atoms with Crippen molar-refractivity contribution < 1.29 is 4.79 Å². The van der Waals surface area contributed by atoms with Crippen LogP contribution in [0.3, 0.4) is 0 Å². The highest BCUT2D eigenvalue weighted by atomic mass is 35.5. The number of hydrogen-bond acceptors (Lipinski definition) is 3. The maximum absolute atomic E-state index is 12.8. The average Bonchev–Trinajstić information content (AvgIpc) is 2.93. The summed E-state index contributed by atoms with van der Waals surface area (Å²) in [5.41, 5.74) is 1.18. The van der Waals surface area contributed by atoms with Crippen molar-refractivity contribution in [1.29, 1.82) is 0 Å². The molecule has 23 heavy (non-hydrogen) atoms. The van der Waals surface area contributed by atoms with E-state index < -0.39 is 0 Å².